The molecule has 2 fully saturated rings. The van der Waals surface area contributed by atoms with Gasteiger partial charge in [-0.2, -0.15) is 13.2 Å². The monoisotopic (exact) mass is 459 g/mol. The second-order valence-corrected chi connectivity index (χ2v) is 9.95. The van der Waals surface area contributed by atoms with Crippen LogP contribution in [0.3, 0.4) is 0 Å². The van der Waals surface area contributed by atoms with Crippen LogP contribution >= 0.6 is 0 Å². The molecule has 1 saturated carbocycles. The van der Waals surface area contributed by atoms with Crippen LogP contribution in [-0.2, 0) is 33.4 Å². The number of halogens is 3. The lowest BCUT2D eigenvalue weighted by atomic mass is 9.75. The van der Waals surface area contributed by atoms with Gasteiger partial charge in [-0.25, -0.2) is 0 Å². The predicted molar refractivity (Wildman–Crippen MR) is 121 cm³/mol. The molecule has 1 heterocycles. The fourth-order valence-corrected chi connectivity index (χ4v) is 3.93. The fourth-order valence-electron chi connectivity index (χ4n) is 3.93. The topological polar surface area (TPSA) is 38.8 Å². The molecule has 176 valence electrons. The number of benzene rings is 2. The van der Waals surface area contributed by atoms with Crippen LogP contribution in [0.1, 0.15) is 57.2 Å². The number of carbonyl (C=O) groups is 1. The lowest BCUT2D eigenvalue weighted by Crippen LogP contribution is -2.41. The predicted octanol–water partition coefficient (Wildman–Crippen LogP) is 4.94. The van der Waals surface area contributed by atoms with Gasteiger partial charge in [-0.05, 0) is 63.2 Å². The van der Waals surface area contributed by atoms with E-state index in [1.54, 1.807) is 4.90 Å². The van der Waals surface area contributed by atoms with Crippen LogP contribution in [-0.4, -0.2) is 29.1 Å². The number of amides is 1. The van der Waals surface area contributed by atoms with Crippen LogP contribution in [0.4, 0.5) is 13.2 Å². The number of alkyl halides is 3. The summed E-state index contributed by atoms with van der Waals surface area (Å²) in [4.78, 5) is 14.7. The van der Waals surface area contributed by atoms with E-state index in [0.717, 1.165) is 30.5 Å². The second kappa shape index (κ2) is 8.47. The maximum absolute atomic E-state index is 13.6. The Kier molecular flexibility index (Phi) is 6.12. The lowest BCUT2D eigenvalue weighted by Gasteiger charge is -2.32. The molecular weight excluding hydrogens is 430 g/mol. The van der Waals surface area contributed by atoms with Crippen molar-refractivity contribution >= 4 is 18.5 Å². The minimum absolute atomic E-state index is 0.0314. The van der Waals surface area contributed by atoms with Gasteiger partial charge in [0.2, 0.25) is 5.91 Å². The van der Waals surface area contributed by atoms with E-state index in [0.29, 0.717) is 17.6 Å². The number of hydrogen-bond donors (Lipinski definition) is 0. The zero-order chi connectivity index (χ0) is 24.0. The van der Waals surface area contributed by atoms with E-state index in [1.807, 2.05) is 58.0 Å². The van der Waals surface area contributed by atoms with Crippen LogP contribution in [0.5, 0.6) is 0 Å². The smallest absolute Gasteiger partial charge is 0.399 e. The third kappa shape index (κ3) is 5.12. The summed E-state index contributed by atoms with van der Waals surface area (Å²) in [6.07, 6.45) is -2.86. The summed E-state index contributed by atoms with van der Waals surface area (Å²) in [5.41, 5.74) is -0.195. The SMILES string of the molecule is CC1(C)OB(c2ccc(C(F)(F)F)cc2CN(Cc2ccccc2)C(=O)C2CC2)OC1(C)C. The Balaban J connectivity index is 1.70. The first-order valence-corrected chi connectivity index (χ1v) is 11.3. The van der Waals surface area contributed by atoms with Gasteiger partial charge in [0.25, 0.3) is 0 Å². The van der Waals surface area contributed by atoms with Crippen molar-refractivity contribution in [3.63, 3.8) is 0 Å². The molecule has 1 saturated heterocycles. The van der Waals surface area contributed by atoms with Crippen molar-refractivity contribution in [1.29, 1.82) is 0 Å². The van der Waals surface area contributed by atoms with E-state index >= 15 is 0 Å². The van der Waals surface area contributed by atoms with Crippen LogP contribution in [0, 0.1) is 5.92 Å². The summed E-state index contributed by atoms with van der Waals surface area (Å²) >= 11 is 0. The Hall–Kier alpha value is -2.32. The minimum Gasteiger partial charge on any atom is -0.399 e. The van der Waals surface area contributed by atoms with Gasteiger partial charge in [0.05, 0.1) is 16.8 Å². The van der Waals surface area contributed by atoms with E-state index in [9.17, 15) is 18.0 Å². The minimum atomic E-state index is -4.49. The molecular formula is C25H29BF3NO3. The Morgan fingerprint density at radius 2 is 1.61 bits per heavy atom. The normalized spacial score (nSPS) is 19.5. The first kappa shape index (κ1) is 23.8. The molecule has 0 radical (unpaired) electrons. The molecule has 0 unspecified atom stereocenters. The fraction of sp³-hybridized carbons (Fsp3) is 0.480. The molecule has 33 heavy (non-hydrogen) atoms. The molecule has 0 bridgehead atoms. The van der Waals surface area contributed by atoms with Gasteiger partial charge < -0.3 is 14.2 Å². The van der Waals surface area contributed by atoms with Gasteiger partial charge in [-0.15, -0.1) is 0 Å². The highest BCUT2D eigenvalue weighted by atomic mass is 19.4. The summed E-state index contributed by atoms with van der Waals surface area (Å²) in [7, 11) is -0.818. The van der Waals surface area contributed by atoms with E-state index in [2.05, 4.69) is 0 Å². The molecule has 0 spiro atoms. The highest BCUT2D eigenvalue weighted by molar-refractivity contribution is 6.62. The average Bonchev–Trinajstić information content (AvgIpc) is 3.54. The van der Waals surface area contributed by atoms with Crippen molar-refractivity contribution in [1.82, 2.24) is 4.90 Å². The quantitative estimate of drug-likeness (QED) is 0.575. The first-order chi connectivity index (χ1) is 15.4. The van der Waals surface area contributed by atoms with Gasteiger partial charge in [-0.1, -0.05) is 42.5 Å². The molecule has 0 N–H and O–H groups in total. The summed E-state index contributed by atoms with van der Waals surface area (Å²) in [5.74, 6) is -0.0871. The van der Waals surface area contributed by atoms with Gasteiger partial charge in [0.15, 0.2) is 0 Å². The molecule has 1 amide bonds. The lowest BCUT2D eigenvalue weighted by molar-refractivity contribution is -0.137. The van der Waals surface area contributed by atoms with Gasteiger partial charge in [0.1, 0.15) is 0 Å². The Labute approximate surface area is 193 Å². The molecule has 2 aromatic carbocycles. The largest absolute Gasteiger partial charge is 0.495 e. The van der Waals surface area contributed by atoms with E-state index in [-0.39, 0.29) is 18.4 Å². The van der Waals surface area contributed by atoms with Crippen molar-refractivity contribution < 1.29 is 27.3 Å². The molecule has 8 heteroatoms. The van der Waals surface area contributed by atoms with Gasteiger partial charge in [0, 0.05) is 19.0 Å². The standard InChI is InChI=1S/C25H29BF3NO3/c1-23(2)24(3,4)33-26(32-23)21-13-12-20(25(27,28)29)14-19(21)16-30(22(31)18-10-11-18)15-17-8-6-5-7-9-17/h5-9,12-14,18H,10-11,15-16H2,1-4H3. The van der Waals surface area contributed by atoms with Crippen LogP contribution in [0.25, 0.3) is 0 Å². The Morgan fingerprint density at radius 1 is 1.00 bits per heavy atom. The third-order valence-electron chi connectivity index (χ3n) is 6.79. The second-order valence-electron chi connectivity index (χ2n) is 9.95. The average molecular weight is 459 g/mol. The Bertz CT molecular complexity index is 1000. The van der Waals surface area contributed by atoms with Crippen molar-refractivity contribution in [3.8, 4) is 0 Å². The van der Waals surface area contributed by atoms with E-state index in [1.165, 1.54) is 6.07 Å². The molecule has 1 aliphatic carbocycles. The Morgan fingerprint density at radius 3 is 2.15 bits per heavy atom. The molecule has 0 atom stereocenters. The highest BCUT2D eigenvalue weighted by Crippen LogP contribution is 2.38. The molecule has 2 aliphatic rings. The zero-order valence-corrected chi connectivity index (χ0v) is 19.4. The van der Waals surface area contributed by atoms with Crippen molar-refractivity contribution in [2.24, 2.45) is 5.92 Å². The maximum atomic E-state index is 13.6. The number of hydrogen-bond acceptors (Lipinski definition) is 3. The first-order valence-electron chi connectivity index (χ1n) is 11.3. The molecule has 1 aliphatic heterocycles. The van der Waals surface area contributed by atoms with Crippen LogP contribution < -0.4 is 5.46 Å². The molecule has 0 aromatic heterocycles. The molecule has 2 aromatic rings. The van der Waals surface area contributed by atoms with E-state index in [4.69, 9.17) is 9.31 Å². The van der Waals surface area contributed by atoms with Gasteiger partial charge in [-0.3, -0.25) is 4.79 Å². The number of rotatable bonds is 6. The van der Waals surface area contributed by atoms with Crippen LogP contribution in [0.15, 0.2) is 48.5 Å². The summed E-state index contributed by atoms with van der Waals surface area (Å²) in [5, 5.41) is 0. The summed E-state index contributed by atoms with van der Waals surface area (Å²) in [6.45, 7) is 7.97. The third-order valence-corrected chi connectivity index (χ3v) is 6.79. The highest BCUT2D eigenvalue weighted by Gasteiger charge is 2.52. The number of nitrogens with zero attached hydrogens (tertiary/aromatic N) is 1. The molecule has 4 nitrogen and oxygen atoms in total. The number of carbonyl (C=O) groups excluding carboxylic acids is 1. The van der Waals surface area contributed by atoms with Crippen molar-refractivity contribution in [3.05, 3.63) is 65.2 Å². The maximum Gasteiger partial charge on any atom is 0.495 e. The van der Waals surface area contributed by atoms with Crippen LogP contribution in [0.2, 0.25) is 0 Å². The summed E-state index contributed by atoms with van der Waals surface area (Å²) in [6, 6.07) is 13.1. The van der Waals surface area contributed by atoms with Gasteiger partial charge >= 0.3 is 13.3 Å². The van der Waals surface area contributed by atoms with Crippen molar-refractivity contribution in [2.75, 3.05) is 0 Å². The van der Waals surface area contributed by atoms with Crippen molar-refractivity contribution in [2.45, 2.75) is 71.0 Å². The van der Waals surface area contributed by atoms with E-state index < -0.39 is 30.1 Å². The molecule has 4 rings (SSSR count). The zero-order valence-electron chi connectivity index (χ0n) is 19.4. The summed E-state index contributed by atoms with van der Waals surface area (Å²) < 4.78 is 52.9.